The quantitative estimate of drug-likeness (QED) is 0.715. The molecular formula is C22H22N4O2. The molecule has 0 bridgehead atoms. The van der Waals surface area contributed by atoms with Crippen LogP contribution in [0.2, 0.25) is 0 Å². The molecular weight excluding hydrogens is 352 g/mol. The highest BCUT2D eigenvalue weighted by Crippen LogP contribution is 2.22. The number of aryl methyl sites for hydroxylation is 3. The van der Waals surface area contributed by atoms with Gasteiger partial charge in [-0.05, 0) is 56.2 Å². The normalized spacial score (nSPS) is 10.4. The summed E-state index contributed by atoms with van der Waals surface area (Å²) in [7, 11) is 0. The van der Waals surface area contributed by atoms with Crippen LogP contribution in [0.1, 0.15) is 43.2 Å². The van der Waals surface area contributed by atoms with Crippen LogP contribution in [0.4, 0.5) is 5.69 Å². The Hall–Kier alpha value is -3.54. The first-order chi connectivity index (χ1) is 13.4. The summed E-state index contributed by atoms with van der Waals surface area (Å²) in [5.41, 5.74) is 5.21. The van der Waals surface area contributed by atoms with Crippen molar-refractivity contribution in [2.45, 2.75) is 27.3 Å². The summed E-state index contributed by atoms with van der Waals surface area (Å²) in [5.74, 6) is -0.640. The molecule has 3 rings (SSSR count). The summed E-state index contributed by atoms with van der Waals surface area (Å²) in [4.78, 5) is 33.3. The van der Waals surface area contributed by atoms with Crippen LogP contribution in [0.5, 0.6) is 0 Å². The smallest absolute Gasteiger partial charge is 0.270 e. The fourth-order valence-corrected chi connectivity index (χ4v) is 3.02. The number of benzene rings is 1. The number of amides is 2. The molecule has 0 aliphatic carbocycles. The largest absolute Gasteiger partial charge is 0.345 e. The molecule has 2 heterocycles. The fourth-order valence-electron chi connectivity index (χ4n) is 3.02. The van der Waals surface area contributed by atoms with Gasteiger partial charge in [0.15, 0.2) is 0 Å². The first-order valence-corrected chi connectivity index (χ1v) is 8.97. The van der Waals surface area contributed by atoms with Crippen LogP contribution >= 0.6 is 0 Å². The standard InChI is InChI=1S/C22H22N4O2/c1-14-10-15(2)20(16(3)11-14)26-21(27)17-7-9-24-19(12-17)22(28)25-13-18-6-4-5-8-23-18/h4-12H,13H2,1-3H3,(H,25,28)(H,26,27). The number of anilines is 1. The van der Waals surface area contributed by atoms with Gasteiger partial charge in [0.25, 0.3) is 11.8 Å². The molecule has 0 fully saturated rings. The lowest BCUT2D eigenvalue weighted by Gasteiger charge is -2.13. The zero-order valence-corrected chi connectivity index (χ0v) is 16.1. The summed E-state index contributed by atoms with van der Waals surface area (Å²) in [5, 5.41) is 5.70. The lowest BCUT2D eigenvalue weighted by molar-refractivity contribution is 0.0945. The first kappa shape index (κ1) is 19.2. The lowest BCUT2D eigenvalue weighted by Crippen LogP contribution is -2.25. The maximum atomic E-state index is 12.7. The van der Waals surface area contributed by atoms with Gasteiger partial charge >= 0.3 is 0 Å². The van der Waals surface area contributed by atoms with Gasteiger partial charge in [-0.1, -0.05) is 23.8 Å². The van der Waals surface area contributed by atoms with Crippen LogP contribution < -0.4 is 10.6 Å². The van der Waals surface area contributed by atoms with E-state index >= 15 is 0 Å². The predicted molar refractivity (Wildman–Crippen MR) is 108 cm³/mol. The molecule has 0 spiro atoms. The van der Waals surface area contributed by atoms with Crippen LogP contribution in [0, 0.1) is 20.8 Å². The van der Waals surface area contributed by atoms with Crippen molar-refractivity contribution in [3.8, 4) is 0 Å². The topological polar surface area (TPSA) is 84.0 Å². The first-order valence-electron chi connectivity index (χ1n) is 8.97. The Balaban J connectivity index is 1.72. The average Bonchev–Trinajstić information content (AvgIpc) is 2.69. The molecule has 142 valence electrons. The number of aromatic nitrogens is 2. The number of rotatable bonds is 5. The fraction of sp³-hybridized carbons (Fsp3) is 0.182. The Kier molecular flexibility index (Phi) is 5.79. The Morgan fingerprint density at radius 1 is 0.893 bits per heavy atom. The van der Waals surface area contributed by atoms with Crippen molar-refractivity contribution in [3.05, 3.63) is 88.5 Å². The summed E-state index contributed by atoms with van der Waals surface area (Å²) in [6.45, 7) is 6.22. The third kappa shape index (κ3) is 4.59. The lowest BCUT2D eigenvalue weighted by atomic mass is 10.0. The van der Waals surface area contributed by atoms with Crippen molar-refractivity contribution < 1.29 is 9.59 Å². The highest BCUT2D eigenvalue weighted by Gasteiger charge is 2.14. The van der Waals surface area contributed by atoms with Crippen LogP contribution in [0.3, 0.4) is 0 Å². The number of hydrogen-bond donors (Lipinski definition) is 2. The van der Waals surface area contributed by atoms with Gasteiger partial charge in [-0.15, -0.1) is 0 Å². The van der Waals surface area contributed by atoms with E-state index in [2.05, 4.69) is 20.6 Å². The molecule has 2 amide bonds. The van der Waals surface area contributed by atoms with Gasteiger partial charge in [-0.2, -0.15) is 0 Å². The molecule has 6 nitrogen and oxygen atoms in total. The molecule has 0 saturated carbocycles. The maximum Gasteiger partial charge on any atom is 0.270 e. The molecule has 0 unspecified atom stereocenters. The minimum Gasteiger partial charge on any atom is -0.345 e. The van der Waals surface area contributed by atoms with Crippen LogP contribution in [-0.2, 0) is 6.54 Å². The van der Waals surface area contributed by atoms with Crippen molar-refractivity contribution in [1.82, 2.24) is 15.3 Å². The van der Waals surface area contributed by atoms with E-state index in [0.717, 1.165) is 28.1 Å². The van der Waals surface area contributed by atoms with E-state index in [1.165, 1.54) is 12.3 Å². The molecule has 6 heteroatoms. The second kappa shape index (κ2) is 8.43. The minimum absolute atomic E-state index is 0.181. The van der Waals surface area contributed by atoms with Crippen LogP contribution in [-0.4, -0.2) is 21.8 Å². The van der Waals surface area contributed by atoms with Crippen LogP contribution in [0.15, 0.2) is 54.9 Å². The molecule has 0 atom stereocenters. The molecule has 0 saturated heterocycles. The predicted octanol–water partition coefficient (Wildman–Crippen LogP) is 3.58. The second-order valence-electron chi connectivity index (χ2n) is 6.66. The van der Waals surface area contributed by atoms with E-state index in [4.69, 9.17) is 0 Å². The Morgan fingerprint density at radius 3 is 2.32 bits per heavy atom. The maximum absolute atomic E-state index is 12.7. The molecule has 0 aliphatic rings. The van der Waals surface area contributed by atoms with Gasteiger partial charge in [0.05, 0.1) is 12.2 Å². The van der Waals surface area contributed by atoms with Crippen molar-refractivity contribution in [2.24, 2.45) is 0 Å². The zero-order valence-electron chi connectivity index (χ0n) is 16.1. The third-order valence-corrected chi connectivity index (χ3v) is 4.33. The SMILES string of the molecule is Cc1cc(C)c(NC(=O)c2ccnc(C(=O)NCc3ccccn3)c2)c(C)c1. The Bertz CT molecular complexity index is 993. The summed E-state index contributed by atoms with van der Waals surface area (Å²) >= 11 is 0. The summed E-state index contributed by atoms with van der Waals surface area (Å²) in [6, 6.07) is 12.6. The van der Waals surface area contributed by atoms with Gasteiger partial charge in [-0.25, -0.2) is 0 Å². The van der Waals surface area contributed by atoms with E-state index in [1.807, 2.05) is 51.1 Å². The van der Waals surface area contributed by atoms with Gasteiger partial charge in [-0.3, -0.25) is 19.6 Å². The van der Waals surface area contributed by atoms with Gasteiger partial charge in [0.1, 0.15) is 5.69 Å². The van der Waals surface area contributed by atoms with Gasteiger partial charge < -0.3 is 10.6 Å². The van der Waals surface area contributed by atoms with E-state index in [9.17, 15) is 9.59 Å². The number of pyridine rings is 2. The third-order valence-electron chi connectivity index (χ3n) is 4.33. The van der Waals surface area contributed by atoms with Gasteiger partial charge in [0, 0.05) is 23.6 Å². The molecule has 2 N–H and O–H groups in total. The number of nitrogens with one attached hydrogen (secondary N) is 2. The van der Waals surface area contributed by atoms with Crippen molar-refractivity contribution in [1.29, 1.82) is 0 Å². The minimum atomic E-state index is -0.358. The van der Waals surface area contributed by atoms with E-state index in [0.29, 0.717) is 12.1 Å². The summed E-state index contributed by atoms with van der Waals surface area (Å²) < 4.78 is 0. The van der Waals surface area contributed by atoms with Crippen LogP contribution in [0.25, 0.3) is 0 Å². The number of carbonyl (C=O) groups excluding carboxylic acids is 2. The molecule has 2 aromatic heterocycles. The molecule has 3 aromatic rings. The number of nitrogens with zero attached hydrogens (tertiary/aromatic N) is 2. The van der Waals surface area contributed by atoms with E-state index in [-0.39, 0.29) is 17.5 Å². The van der Waals surface area contributed by atoms with Crippen molar-refractivity contribution in [3.63, 3.8) is 0 Å². The molecule has 0 aliphatic heterocycles. The second-order valence-corrected chi connectivity index (χ2v) is 6.66. The van der Waals surface area contributed by atoms with Crippen molar-refractivity contribution in [2.75, 3.05) is 5.32 Å². The Morgan fingerprint density at radius 2 is 1.64 bits per heavy atom. The molecule has 0 radical (unpaired) electrons. The van der Waals surface area contributed by atoms with E-state index in [1.54, 1.807) is 12.3 Å². The van der Waals surface area contributed by atoms with Gasteiger partial charge in [0.2, 0.25) is 0 Å². The number of carbonyl (C=O) groups is 2. The Labute approximate surface area is 164 Å². The average molecular weight is 374 g/mol. The highest BCUT2D eigenvalue weighted by molar-refractivity contribution is 6.06. The molecule has 28 heavy (non-hydrogen) atoms. The van der Waals surface area contributed by atoms with Crippen molar-refractivity contribution >= 4 is 17.5 Å². The number of hydrogen-bond acceptors (Lipinski definition) is 4. The highest BCUT2D eigenvalue weighted by atomic mass is 16.2. The monoisotopic (exact) mass is 374 g/mol. The summed E-state index contributed by atoms with van der Waals surface area (Å²) in [6.07, 6.45) is 3.12. The molecule has 1 aromatic carbocycles. The zero-order chi connectivity index (χ0) is 20.1. The van der Waals surface area contributed by atoms with E-state index < -0.39 is 0 Å².